The van der Waals surface area contributed by atoms with E-state index >= 15 is 0 Å². The smallest absolute Gasteiger partial charge is 0.337 e. The molecule has 0 saturated carbocycles. The van der Waals surface area contributed by atoms with Gasteiger partial charge in [-0.25, -0.2) is 4.79 Å². The fourth-order valence-corrected chi connectivity index (χ4v) is 3.37. The average molecular weight is 424 g/mol. The van der Waals surface area contributed by atoms with E-state index in [0.29, 0.717) is 11.3 Å². The fraction of sp³-hybridized carbons (Fsp3) is 0.304. The number of hydrogen-bond acceptors (Lipinski definition) is 6. The Morgan fingerprint density at radius 1 is 1.10 bits per heavy atom. The van der Waals surface area contributed by atoms with Crippen molar-refractivity contribution in [2.75, 3.05) is 25.2 Å². The molecule has 1 heterocycles. The molecule has 8 nitrogen and oxygen atoms in total. The Labute approximate surface area is 180 Å². The highest BCUT2D eigenvalue weighted by Gasteiger charge is 2.36. The summed E-state index contributed by atoms with van der Waals surface area (Å²) in [5.41, 5.74) is 1.88. The van der Waals surface area contributed by atoms with Gasteiger partial charge in [0, 0.05) is 18.7 Å². The summed E-state index contributed by atoms with van der Waals surface area (Å²) < 4.78 is 9.78. The van der Waals surface area contributed by atoms with Crippen LogP contribution in [0.4, 0.5) is 5.69 Å². The van der Waals surface area contributed by atoms with Crippen LogP contribution in [0.25, 0.3) is 0 Å². The minimum Gasteiger partial charge on any atom is -0.465 e. The molecule has 8 heteroatoms. The first-order valence-electron chi connectivity index (χ1n) is 9.88. The van der Waals surface area contributed by atoms with E-state index < -0.39 is 30.4 Å². The van der Waals surface area contributed by atoms with E-state index in [-0.39, 0.29) is 24.9 Å². The molecule has 31 heavy (non-hydrogen) atoms. The molecule has 0 radical (unpaired) electrons. The fourth-order valence-electron chi connectivity index (χ4n) is 3.37. The van der Waals surface area contributed by atoms with Crippen LogP contribution in [0.3, 0.4) is 0 Å². The van der Waals surface area contributed by atoms with Gasteiger partial charge < -0.3 is 19.7 Å². The van der Waals surface area contributed by atoms with Crippen molar-refractivity contribution in [2.45, 2.75) is 19.4 Å². The summed E-state index contributed by atoms with van der Waals surface area (Å²) in [6.07, 6.45) is -0.000373. The first-order chi connectivity index (χ1) is 14.9. The zero-order valence-electron chi connectivity index (χ0n) is 17.4. The maximum absolute atomic E-state index is 12.4. The van der Waals surface area contributed by atoms with E-state index in [4.69, 9.17) is 4.74 Å². The van der Waals surface area contributed by atoms with Crippen LogP contribution in [0.2, 0.25) is 0 Å². The van der Waals surface area contributed by atoms with Gasteiger partial charge in [-0.3, -0.25) is 14.4 Å². The summed E-state index contributed by atoms with van der Waals surface area (Å²) in [6, 6.07) is 15.6. The molecule has 162 valence electrons. The van der Waals surface area contributed by atoms with Crippen molar-refractivity contribution in [3.8, 4) is 0 Å². The molecular weight excluding hydrogens is 400 g/mol. The molecule has 0 spiro atoms. The van der Waals surface area contributed by atoms with Gasteiger partial charge in [-0.15, -0.1) is 0 Å². The molecule has 0 aromatic heterocycles. The topological polar surface area (TPSA) is 102 Å². The Hall–Kier alpha value is -3.68. The maximum atomic E-state index is 12.4. The molecule has 2 aromatic carbocycles. The van der Waals surface area contributed by atoms with Gasteiger partial charge in [0.05, 0.1) is 24.6 Å². The van der Waals surface area contributed by atoms with Crippen molar-refractivity contribution in [3.63, 3.8) is 0 Å². The van der Waals surface area contributed by atoms with E-state index in [1.807, 2.05) is 37.3 Å². The van der Waals surface area contributed by atoms with Gasteiger partial charge in [0.2, 0.25) is 5.91 Å². The van der Waals surface area contributed by atoms with Crippen LogP contribution >= 0.6 is 0 Å². The van der Waals surface area contributed by atoms with Crippen molar-refractivity contribution in [3.05, 3.63) is 65.7 Å². The molecule has 0 unspecified atom stereocenters. The lowest BCUT2D eigenvalue weighted by Gasteiger charge is -2.17. The zero-order chi connectivity index (χ0) is 22.4. The monoisotopic (exact) mass is 424 g/mol. The van der Waals surface area contributed by atoms with Crippen molar-refractivity contribution in [1.82, 2.24) is 5.32 Å². The number of hydrogen-bond donors (Lipinski definition) is 1. The van der Waals surface area contributed by atoms with Crippen molar-refractivity contribution in [1.29, 1.82) is 0 Å². The number of amides is 2. The summed E-state index contributed by atoms with van der Waals surface area (Å²) in [7, 11) is 1.29. The van der Waals surface area contributed by atoms with Crippen LogP contribution in [0.5, 0.6) is 0 Å². The number of benzene rings is 2. The summed E-state index contributed by atoms with van der Waals surface area (Å²) in [5, 5.41) is 2.77. The first-order valence-corrected chi connectivity index (χ1v) is 9.88. The third kappa shape index (κ3) is 5.48. The highest BCUT2D eigenvalue weighted by Crippen LogP contribution is 2.26. The lowest BCUT2D eigenvalue weighted by molar-refractivity contribution is -0.152. The molecule has 0 aliphatic carbocycles. The number of carbonyl (C=O) groups excluding carboxylic acids is 4. The minimum absolute atomic E-state index is 0.000373. The number of rotatable bonds is 7. The molecule has 2 atom stereocenters. The molecule has 2 amide bonds. The van der Waals surface area contributed by atoms with E-state index in [1.165, 1.54) is 12.0 Å². The number of methoxy groups -OCH3 is 1. The molecule has 1 N–H and O–H groups in total. The molecule has 2 aromatic rings. The van der Waals surface area contributed by atoms with Gasteiger partial charge >= 0.3 is 11.9 Å². The van der Waals surface area contributed by atoms with Crippen LogP contribution in [0, 0.1) is 5.92 Å². The highest BCUT2D eigenvalue weighted by atomic mass is 16.5. The number of anilines is 1. The van der Waals surface area contributed by atoms with Crippen LogP contribution in [0.1, 0.15) is 35.3 Å². The largest absolute Gasteiger partial charge is 0.465 e. The second kappa shape index (κ2) is 9.88. The number of nitrogens with one attached hydrogen (secondary N) is 1. The summed E-state index contributed by atoms with van der Waals surface area (Å²) in [6.45, 7) is 1.58. The van der Waals surface area contributed by atoms with E-state index in [1.54, 1.807) is 24.3 Å². The summed E-state index contributed by atoms with van der Waals surface area (Å²) in [5.74, 6) is -2.36. The Bertz CT molecular complexity index is 958. The third-order valence-corrected chi connectivity index (χ3v) is 5.08. The Morgan fingerprint density at radius 2 is 1.77 bits per heavy atom. The van der Waals surface area contributed by atoms with Gasteiger partial charge in [0.25, 0.3) is 5.91 Å². The summed E-state index contributed by atoms with van der Waals surface area (Å²) in [4.78, 5) is 49.8. The molecule has 3 rings (SSSR count). The minimum atomic E-state index is -0.660. The molecule has 0 bridgehead atoms. The quantitative estimate of drug-likeness (QED) is 0.684. The maximum Gasteiger partial charge on any atom is 0.337 e. The van der Waals surface area contributed by atoms with Gasteiger partial charge in [0.15, 0.2) is 6.61 Å². The van der Waals surface area contributed by atoms with Crippen LogP contribution in [0.15, 0.2) is 54.6 Å². The molecule has 1 fully saturated rings. The Kier molecular flexibility index (Phi) is 7.02. The van der Waals surface area contributed by atoms with Gasteiger partial charge in [-0.2, -0.15) is 0 Å². The molecule has 1 aliphatic heterocycles. The first kappa shape index (κ1) is 22.0. The highest BCUT2D eigenvalue weighted by molar-refractivity contribution is 6.00. The number of ether oxygens (including phenoxy) is 2. The SMILES string of the molecule is COC(=O)c1ccc(N2C[C@H](C(=O)OCC(=O)N[C@@H](C)c3ccccc3)CC2=O)cc1. The molecule has 1 saturated heterocycles. The standard InChI is InChI=1S/C23H24N2O6/c1-15(16-6-4-3-5-7-16)24-20(26)14-31-23(29)18-12-21(27)25(13-18)19-10-8-17(9-11-19)22(28)30-2/h3-11,15,18H,12-14H2,1-2H3,(H,24,26)/t15-,18+/m0/s1. The predicted octanol–water partition coefficient (Wildman–Crippen LogP) is 2.25. The van der Waals surface area contributed by atoms with Gasteiger partial charge in [0.1, 0.15) is 0 Å². The normalized spacial score (nSPS) is 16.5. The average Bonchev–Trinajstić information content (AvgIpc) is 3.19. The third-order valence-electron chi connectivity index (χ3n) is 5.08. The number of nitrogens with zero attached hydrogens (tertiary/aromatic N) is 1. The second-order valence-corrected chi connectivity index (χ2v) is 7.25. The molecule has 1 aliphatic rings. The van der Waals surface area contributed by atoms with Crippen LogP contribution < -0.4 is 10.2 Å². The predicted molar refractivity (Wildman–Crippen MR) is 112 cm³/mol. The number of esters is 2. The van der Waals surface area contributed by atoms with Crippen molar-refractivity contribution in [2.24, 2.45) is 5.92 Å². The zero-order valence-corrected chi connectivity index (χ0v) is 17.4. The van der Waals surface area contributed by atoms with E-state index in [9.17, 15) is 19.2 Å². The van der Waals surface area contributed by atoms with Gasteiger partial charge in [-0.1, -0.05) is 30.3 Å². The van der Waals surface area contributed by atoms with E-state index in [2.05, 4.69) is 10.1 Å². The van der Waals surface area contributed by atoms with Crippen LogP contribution in [-0.4, -0.2) is 44.0 Å². The van der Waals surface area contributed by atoms with E-state index in [0.717, 1.165) is 5.56 Å². The lowest BCUT2D eigenvalue weighted by atomic mass is 10.1. The Morgan fingerprint density at radius 3 is 2.42 bits per heavy atom. The van der Waals surface area contributed by atoms with Crippen molar-refractivity contribution < 1.29 is 28.7 Å². The van der Waals surface area contributed by atoms with Crippen LogP contribution in [-0.2, 0) is 23.9 Å². The molecular formula is C23H24N2O6. The van der Waals surface area contributed by atoms with Gasteiger partial charge in [-0.05, 0) is 36.8 Å². The summed E-state index contributed by atoms with van der Waals surface area (Å²) >= 11 is 0. The Balaban J connectivity index is 1.51. The number of carbonyl (C=O) groups is 4. The lowest BCUT2D eigenvalue weighted by Crippen LogP contribution is -2.32. The van der Waals surface area contributed by atoms with Crippen molar-refractivity contribution >= 4 is 29.4 Å². The second-order valence-electron chi connectivity index (χ2n) is 7.25.